The van der Waals surface area contributed by atoms with Crippen LogP contribution in [0, 0.1) is 11.8 Å². The number of carbonyl (C=O) groups is 2. The number of nitrogens with one attached hydrogen (secondary N) is 1. The van der Waals surface area contributed by atoms with Crippen molar-refractivity contribution in [2.24, 2.45) is 11.8 Å². The second kappa shape index (κ2) is 7.14. The van der Waals surface area contributed by atoms with Crippen LogP contribution in [0.25, 0.3) is 0 Å². The van der Waals surface area contributed by atoms with E-state index in [1.807, 2.05) is 0 Å². The molecule has 1 aromatic carbocycles. The summed E-state index contributed by atoms with van der Waals surface area (Å²) in [6.07, 6.45) is 2.94. The van der Waals surface area contributed by atoms with E-state index in [2.05, 4.69) is 5.32 Å². The van der Waals surface area contributed by atoms with Crippen molar-refractivity contribution in [3.05, 3.63) is 33.8 Å². The van der Waals surface area contributed by atoms with Crippen LogP contribution in [0.2, 0.25) is 10.0 Å². The minimum absolute atomic E-state index is 0.215. The van der Waals surface area contributed by atoms with Gasteiger partial charge in [-0.25, -0.2) is 0 Å². The number of halogens is 2. The van der Waals surface area contributed by atoms with Crippen LogP contribution in [-0.2, 0) is 16.1 Å². The summed E-state index contributed by atoms with van der Waals surface area (Å²) in [6.45, 7) is 0.275. The van der Waals surface area contributed by atoms with Crippen molar-refractivity contribution in [2.45, 2.75) is 32.2 Å². The van der Waals surface area contributed by atoms with Crippen molar-refractivity contribution in [2.75, 3.05) is 0 Å². The molecule has 1 amide bonds. The van der Waals surface area contributed by atoms with E-state index < -0.39 is 17.8 Å². The Balaban J connectivity index is 1.98. The highest BCUT2D eigenvalue weighted by molar-refractivity contribution is 6.35. The van der Waals surface area contributed by atoms with Crippen molar-refractivity contribution in [3.8, 4) is 0 Å². The van der Waals surface area contributed by atoms with E-state index in [1.54, 1.807) is 18.2 Å². The van der Waals surface area contributed by atoms with Gasteiger partial charge in [-0.05, 0) is 30.5 Å². The van der Waals surface area contributed by atoms with Gasteiger partial charge in [0.2, 0.25) is 5.91 Å². The average molecular weight is 330 g/mol. The van der Waals surface area contributed by atoms with Gasteiger partial charge in [-0.3, -0.25) is 9.59 Å². The molecule has 2 atom stereocenters. The first-order chi connectivity index (χ1) is 9.99. The molecule has 1 saturated carbocycles. The molecule has 1 aromatic rings. The van der Waals surface area contributed by atoms with Crippen molar-refractivity contribution in [1.82, 2.24) is 5.32 Å². The van der Waals surface area contributed by atoms with Gasteiger partial charge in [0.15, 0.2) is 0 Å². The maximum Gasteiger partial charge on any atom is 0.307 e. The van der Waals surface area contributed by atoms with Gasteiger partial charge in [0, 0.05) is 16.6 Å². The molecule has 0 heterocycles. The Labute approximate surface area is 133 Å². The Morgan fingerprint density at radius 2 is 1.86 bits per heavy atom. The fourth-order valence-electron chi connectivity index (χ4n) is 2.72. The molecule has 0 aromatic heterocycles. The molecule has 21 heavy (non-hydrogen) atoms. The number of benzene rings is 1. The SMILES string of the molecule is O=C(O)C1CCCCC1C(=O)NCc1ccc(Cl)cc1Cl. The van der Waals surface area contributed by atoms with Crippen molar-refractivity contribution < 1.29 is 14.7 Å². The van der Waals surface area contributed by atoms with Gasteiger partial charge >= 0.3 is 5.97 Å². The van der Waals surface area contributed by atoms with E-state index in [-0.39, 0.29) is 12.5 Å². The fraction of sp³-hybridized carbons (Fsp3) is 0.467. The third-order valence-electron chi connectivity index (χ3n) is 3.89. The molecule has 114 valence electrons. The Hall–Kier alpha value is -1.26. The van der Waals surface area contributed by atoms with Crippen LogP contribution in [0.5, 0.6) is 0 Å². The number of carboxylic acid groups (broad SMARTS) is 1. The van der Waals surface area contributed by atoms with E-state index in [9.17, 15) is 14.7 Å². The van der Waals surface area contributed by atoms with Gasteiger partial charge in [0.1, 0.15) is 0 Å². The van der Waals surface area contributed by atoms with Crippen molar-refractivity contribution in [1.29, 1.82) is 0 Å². The minimum Gasteiger partial charge on any atom is -0.481 e. The van der Waals surface area contributed by atoms with Gasteiger partial charge in [0.05, 0.1) is 11.8 Å². The number of aliphatic carboxylic acids is 1. The highest BCUT2D eigenvalue weighted by Gasteiger charge is 2.35. The van der Waals surface area contributed by atoms with Gasteiger partial charge in [-0.15, -0.1) is 0 Å². The topological polar surface area (TPSA) is 66.4 Å². The molecule has 0 bridgehead atoms. The molecule has 0 radical (unpaired) electrons. The molecule has 2 unspecified atom stereocenters. The van der Waals surface area contributed by atoms with Crippen LogP contribution in [0.4, 0.5) is 0 Å². The number of hydrogen-bond donors (Lipinski definition) is 2. The van der Waals surface area contributed by atoms with Crippen LogP contribution >= 0.6 is 23.2 Å². The van der Waals surface area contributed by atoms with E-state index in [0.29, 0.717) is 22.9 Å². The van der Waals surface area contributed by atoms with E-state index in [1.165, 1.54) is 0 Å². The molecule has 6 heteroatoms. The number of hydrogen-bond acceptors (Lipinski definition) is 2. The van der Waals surface area contributed by atoms with Crippen LogP contribution in [0.15, 0.2) is 18.2 Å². The lowest BCUT2D eigenvalue weighted by atomic mass is 9.78. The second-order valence-corrected chi connectivity index (χ2v) is 6.13. The zero-order chi connectivity index (χ0) is 15.4. The number of amides is 1. The van der Waals surface area contributed by atoms with Crippen molar-refractivity contribution >= 4 is 35.1 Å². The number of rotatable bonds is 4. The number of carbonyl (C=O) groups excluding carboxylic acids is 1. The Bertz CT molecular complexity index is 548. The largest absolute Gasteiger partial charge is 0.481 e. The smallest absolute Gasteiger partial charge is 0.307 e. The molecule has 2 rings (SSSR count). The quantitative estimate of drug-likeness (QED) is 0.888. The summed E-state index contributed by atoms with van der Waals surface area (Å²) in [5.41, 5.74) is 0.761. The molecular weight excluding hydrogens is 313 g/mol. The van der Waals surface area contributed by atoms with E-state index >= 15 is 0 Å². The van der Waals surface area contributed by atoms with E-state index in [0.717, 1.165) is 18.4 Å². The lowest BCUT2D eigenvalue weighted by Gasteiger charge is -2.27. The van der Waals surface area contributed by atoms with Gasteiger partial charge in [-0.1, -0.05) is 42.1 Å². The first-order valence-corrected chi connectivity index (χ1v) is 7.69. The summed E-state index contributed by atoms with van der Waals surface area (Å²) in [4.78, 5) is 23.4. The predicted molar refractivity (Wildman–Crippen MR) is 81.4 cm³/mol. The van der Waals surface area contributed by atoms with Gasteiger partial charge in [0.25, 0.3) is 0 Å². The maximum absolute atomic E-state index is 12.2. The molecule has 0 aliphatic heterocycles. The van der Waals surface area contributed by atoms with Crippen molar-refractivity contribution in [3.63, 3.8) is 0 Å². The lowest BCUT2D eigenvalue weighted by Crippen LogP contribution is -2.39. The third kappa shape index (κ3) is 4.11. The molecule has 1 aliphatic carbocycles. The summed E-state index contributed by atoms with van der Waals surface area (Å²) in [5, 5.41) is 13.0. The monoisotopic (exact) mass is 329 g/mol. The summed E-state index contributed by atoms with van der Waals surface area (Å²) in [7, 11) is 0. The Kier molecular flexibility index (Phi) is 5.48. The summed E-state index contributed by atoms with van der Waals surface area (Å²) < 4.78 is 0. The van der Waals surface area contributed by atoms with Crippen LogP contribution in [0.3, 0.4) is 0 Å². The van der Waals surface area contributed by atoms with Crippen LogP contribution in [0.1, 0.15) is 31.2 Å². The normalized spacial score (nSPS) is 21.8. The zero-order valence-corrected chi connectivity index (χ0v) is 13.0. The molecule has 1 fully saturated rings. The van der Waals surface area contributed by atoms with Gasteiger partial charge < -0.3 is 10.4 Å². The van der Waals surface area contributed by atoms with Crippen LogP contribution < -0.4 is 5.32 Å². The van der Waals surface area contributed by atoms with E-state index in [4.69, 9.17) is 23.2 Å². The Morgan fingerprint density at radius 1 is 1.19 bits per heavy atom. The van der Waals surface area contributed by atoms with Crippen LogP contribution in [-0.4, -0.2) is 17.0 Å². The standard InChI is InChI=1S/C15H17Cl2NO3/c16-10-6-5-9(13(17)7-10)8-18-14(19)11-3-1-2-4-12(11)15(20)21/h5-7,11-12H,1-4,8H2,(H,18,19)(H,20,21). The predicted octanol–water partition coefficient (Wildman–Crippen LogP) is 3.50. The highest BCUT2D eigenvalue weighted by atomic mass is 35.5. The molecule has 4 nitrogen and oxygen atoms in total. The number of carboxylic acids is 1. The Morgan fingerprint density at radius 3 is 2.48 bits per heavy atom. The highest BCUT2D eigenvalue weighted by Crippen LogP contribution is 2.30. The summed E-state index contributed by atoms with van der Waals surface area (Å²) >= 11 is 11.9. The zero-order valence-electron chi connectivity index (χ0n) is 11.4. The molecular formula is C15H17Cl2NO3. The first-order valence-electron chi connectivity index (χ1n) is 6.93. The molecule has 1 aliphatic rings. The fourth-order valence-corrected chi connectivity index (χ4v) is 3.19. The lowest BCUT2D eigenvalue weighted by molar-refractivity contribution is -0.148. The second-order valence-electron chi connectivity index (χ2n) is 5.29. The molecule has 0 spiro atoms. The molecule has 0 saturated heterocycles. The maximum atomic E-state index is 12.2. The molecule has 2 N–H and O–H groups in total. The summed E-state index contributed by atoms with van der Waals surface area (Å²) in [6, 6.07) is 5.07. The first kappa shape index (κ1) is 16.1. The average Bonchev–Trinajstić information content (AvgIpc) is 2.46. The minimum atomic E-state index is -0.889. The summed E-state index contributed by atoms with van der Waals surface area (Å²) in [5.74, 6) is -2.14. The third-order valence-corrected chi connectivity index (χ3v) is 4.48. The van der Waals surface area contributed by atoms with Gasteiger partial charge in [-0.2, -0.15) is 0 Å².